The van der Waals surface area contributed by atoms with Gasteiger partial charge in [0.1, 0.15) is 12.4 Å². The van der Waals surface area contributed by atoms with E-state index in [2.05, 4.69) is 15.8 Å². The molecule has 2 amide bonds. The second kappa shape index (κ2) is 16.6. The Morgan fingerprint density at radius 2 is 1.56 bits per heavy atom. The summed E-state index contributed by atoms with van der Waals surface area (Å²) in [6.45, 7) is 4.46. The molecule has 4 rings (SSSR count). The number of halogens is 1. The molecule has 0 fully saturated rings. The first-order chi connectivity index (χ1) is 21.9. The Hall–Kier alpha value is -5.22. The van der Waals surface area contributed by atoms with Gasteiger partial charge in [0.25, 0.3) is 11.8 Å². The first kappa shape index (κ1) is 32.7. The number of hydrogen-bond donors (Lipinski definition) is 2. The van der Waals surface area contributed by atoms with Crippen LogP contribution in [0.1, 0.15) is 35.3 Å². The summed E-state index contributed by atoms with van der Waals surface area (Å²) in [4.78, 5) is 25.3. The molecule has 0 aliphatic carbocycles. The average Bonchev–Trinajstić information content (AvgIpc) is 3.05. The first-order valence-electron chi connectivity index (χ1n) is 14.2. The van der Waals surface area contributed by atoms with E-state index in [0.717, 1.165) is 5.56 Å². The minimum Gasteiger partial charge on any atom is -0.497 e. The molecule has 4 aromatic carbocycles. The molecule has 0 saturated carbocycles. The predicted octanol–water partition coefficient (Wildman–Crippen LogP) is 6.51. The molecule has 4 aromatic rings. The van der Waals surface area contributed by atoms with Crippen molar-refractivity contribution in [2.45, 2.75) is 20.5 Å². The second-order valence-corrected chi connectivity index (χ2v) is 9.80. The second-order valence-electron chi connectivity index (χ2n) is 9.40. The number of methoxy groups -OCH3 is 1. The zero-order valence-corrected chi connectivity index (χ0v) is 25.9. The summed E-state index contributed by atoms with van der Waals surface area (Å²) in [6.07, 6.45) is 1.42. The summed E-state index contributed by atoms with van der Waals surface area (Å²) in [6, 6.07) is 24.8. The number of hydrogen-bond acceptors (Lipinski definition) is 8. The van der Waals surface area contributed by atoms with E-state index in [4.69, 9.17) is 35.3 Å². The number of rotatable bonds is 15. The fourth-order valence-electron chi connectivity index (χ4n) is 4.08. The van der Waals surface area contributed by atoms with E-state index in [1.807, 2.05) is 44.2 Å². The van der Waals surface area contributed by atoms with Crippen LogP contribution in [0.25, 0.3) is 0 Å². The summed E-state index contributed by atoms with van der Waals surface area (Å²) in [5.74, 6) is 1.36. The Bertz CT molecular complexity index is 1610. The van der Waals surface area contributed by atoms with Crippen LogP contribution in [0.15, 0.2) is 90.0 Å². The van der Waals surface area contributed by atoms with Gasteiger partial charge in [-0.15, -0.1) is 0 Å². The number of amides is 2. The van der Waals surface area contributed by atoms with Gasteiger partial charge in [-0.2, -0.15) is 5.10 Å². The molecule has 0 aliphatic heterocycles. The van der Waals surface area contributed by atoms with Crippen LogP contribution in [0.2, 0.25) is 5.02 Å². The molecule has 0 aromatic heterocycles. The number of anilines is 1. The topological polar surface area (TPSA) is 117 Å². The smallest absolute Gasteiger partial charge is 0.271 e. The summed E-state index contributed by atoms with van der Waals surface area (Å²) in [5.41, 5.74) is 4.99. The lowest BCUT2D eigenvalue weighted by Gasteiger charge is -2.14. The summed E-state index contributed by atoms with van der Waals surface area (Å²) in [5, 5.41) is 7.02. The van der Waals surface area contributed by atoms with Gasteiger partial charge in [0.2, 0.25) is 0 Å². The molecule has 0 atom stereocenters. The largest absolute Gasteiger partial charge is 0.497 e. The number of carbonyl (C=O) groups is 2. The number of hydrazone groups is 1. The maximum atomic E-state index is 12.8. The highest BCUT2D eigenvalue weighted by molar-refractivity contribution is 6.32. The van der Waals surface area contributed by atoms with E-state index in [-0.39, 0.29) is 23.3 Å². The van der Waals surface area contributed by atoms with Gasteiger partial charge in [-0.25, -0.2) is 5.43 Å². The molecule has 10 nitrogen and oxygen atoms in total. The normalized spacial score (nSPS) is 10.7. The van der Waals surface area contributed by atoms with Gasteiger partial charge in [-0.1, -0.05) is 41.9 Å². The van der Waals surface area contributed by atoms with Gasteiger partial charge in [-0.3, -0.25) is 9.59 Å². The highest BCUT2D eigenvalue weighted by Gasteiger charge is 2.15. The summed E-state index contributed by atoms with van der Waals surface area (Å²) in [7, 11) is 1.57. The molecular formula is C34H34ClN3O7. The molecule has 0 saturated heterocycles. The maximum Gasteiger partial charge on any atom is 0.271 e. The van der Waals surface area contributed by atoms with Crippen molar-refractivity contribution in [1.82, 2.24) is 5.43 Å². The minimum absolute atomic E-state index is 0.207. The van der Waals surface area contributed by atoms with Gasteiger partial charge >= 0.3 is 0 Å². The lowest BCUT2D eigenvalue weighted by atomic mass is 10.2. The molecule has 234 valence electrons. The van der Waals surface area contributed by atoms with E-state index in [1.165, 1.54) is 6.21 Å². The van der Waals surface area contributed by atoms with Crippen molar-refractivity contribution in [3.8, 4) is 28.7 Å². The molecule has 0 heterocycles. The van der Waals surface area contributed by atoms with Crippen LogP contribution in [0, 0.1) is 0 Å². The molecule has 0 aliphatic rings. The van der Waals surface area contributed by atoms with Crippen molar-refractivity contribution < 1.29 is 33.3 Å². The third-order valence-electron chi connectivity index (χ3n) is 6.18. The van der Waals surface area contributed by atoms with E-state index in [1.54, 1.807) is 61.7 Å². The molecular weight excluding hydrogens is 598 g/mol. The highest BCUT2D eigenvalue weighted by Crippen LogP contribution is 2.36. The SMILES string of the molecule is CCOc1cc(C(=O)N/N=C/c2cc(Cl)c(OCC(=O)Nc3ccc(OC)cc3)c(OCC)c2)ccc1OCc1ccccc1. The third-order valence-corrected chi connectivity index (χ3v) is 6.46. The van der Waals surface area contributed by atoms with Crippen LogP contribution in [0.3, 0.4) is 0 Å². The Kier molecular flexibility index (Phi) is 12.0. The maximum absolute atomic E-state index is 12.8. The van der Waals surface area contributed by atoms with Gasteiger partial charge in [-0.05, 0) is 79.6 Å². The van der Waals surface area contributed by atoms with Gasteiger partial charge < -0.3 is 29.0 Å². The molecule has 0 bridgehead atoms. The van der Waals surface area contributed by atoms with E-state index in [0.29, 0.717) is 59.6 Å². The Morgan fingerprint density at radius 1 is 0.822 bits per heavy atom. The summed E-state index contributed by atoms with van der Waals surface area (Å²) >= 11 is 6.49. The van der Waals surface area contributed by atoms with Crippen molar-refractivity contribution in [2.75, 3.05) is 32.2 Å². The lowest BCUT2D eigenvalue weighted by Crippen LogP contribution is -2.20. The molecule has 11 heteroatoms. The highest BCUT2D eigenvalue weighted by atomic mass is 35.5. The van der Waals surface area contributed by atoms with Crippen LogP contribution in [-0.2, 0) is 11.4 Å². The fraction of sp³-hybridized carbons (Fsp3) is 0.206. The third kappa shape index (κ3) is 9.64. The van der Waals surface area contributed by atoms with Crippen molar-refractivity contribution in [1.29, 1.82) is 0 Å². The van der Waals surface area contributed by atoms with Crippen molar-refractivity contribution >= 4 is 35.3 Å². The Labute approximate surface area is 266 Å². The van der Waals surface area contributed by atoms with Crippen molar-refractivity contribution in [3.63, 3.8) is 0 Å². The van der Waals surface area contributed by atoms with Gasteiger partial charge in [0.05, 0.1) is 31.6 Å². The number of nitrogens with one attached hydrogen (secondary N) is 2. The van der Waals surface area contributed by atoms with E-state index in [9.17, 15) is 9.59 Å². The van der Waals surface area contributed by atoms with Crippen molar-refractivity contribution in [2.24, 2.45) is 5.10 Å². The van der Waals surface area contributed by atoms with Crippen LogP contribution >= 0.6 is 11.6 Å². The molecule has 45 heavy (non-hydrogen) atoms. The van der Waals surface area contributed by atoms with E-state index < -0.39 is 5.91 Å². The number of benzene rings is 4. The Morgan fingerprint density at radius 3 is 2.27 bits per heavy atom. The predicted molar refractivity (Wildman–Crippen MR) is 173 cm³/mol. The quantitative estimate of drug-likeness (QED) is 0.114. The average molecular weight is 632 g/mol. The molecule has 0 unspecified atom stereocenters. The van der Waals surface area contributed by atoms with Crippen LogP contribution in [-0.4, -0.2) is 45.0 Å². The minimum atomic E-state index is -0.444. The van der Waals surface area contributed by atoms with Crippen LogP contribution in [0.5, 0.6) is 28.7 Å². The van der Waals surface area contributed by atoms with Crippen molar-refractivity contribution in [3.05, 3.63) is 107 Å². The fourth-order valence-corrected chi connectivity index (χ4v) is 4.35. The molecule has 0 spiro atoms. The monoisotopic (exact) mass is 631 g/mol. The number of carbonyl (C=O) groups excluding carboxylic acids is 2. The summed E-state index contributed by atoms with van der Waals surface area (Å²) < 4.78 is 28.2. The van der Waals surface area contributed by atoms with Gasteiger partial charge in [0, 0.05) is 11.3 Å². The van der Waals surface area contributed by atoms with E-state index >= 15 is 0 Å². The Balaban J connectivity index is 1.38. The van der Waals surface area contributed by atoms with Crippen LogP contribution < -0.4 is 34.4 Å². The lowest BCUT2D eigenvalue weighted by molar-refractivity contribution is -0.118. The molecule has 2 N–H and O–H groups in total. The van der Waals surface area contributed by atoms with Crippen LogP contribution in [0.4, 0.5) is 5.69 Å². The molecule has 0 radical (unpaired) electrons. The zero-order valence-electron chi connectivity index (χ0n) is 25.2. The number of nitrogens with zero attached hydrogens (tertiary/aromatic N) is 1. The standard InChI is InChI=1S/C34H34ClN3O7/c1-4-42-30-19-25(11-16-29(30)44-21-23-9-7-6-8-10-23)34(40)38-36-20-24-17-28(35)33(31(18-24)43-5-2)45-22-32(39)37-26-12-14-27(41-3)15-13-26/h6-20H,4-5,21-22H2,1-3H3,(H,37,39)(H,38,40)/b36-20+. The zero-order chi connectivity index (χ0) is 32.0. The first-order valence-corrected chi connectivity index (χ1v) is 14.6. The number of ether oxygens (including phenoxy) is 5. The van der Waals surface area contributed by atoms with Gasteiger partial charge in [0.15, 0.2) is 29.6 Å².